The average Bonchev–Trinajstić information content (AvgIpc) is 3.11. The van der Waals surface area contributed by atoms with Crippen molar-refractivity contribution in [2.75, 3.05) is 13.1 Å². The summed E-state index contributed by atoms with van der Waals surface area (Å²) in [5.74, 6) is 0.393. The lowest BCUT2D eigenvalue weighted by atomic mass is 10.1. The number of halogens is 1. The van der Waals surface area contributed by atoms with Gasteiger partial charge in [-0.25, -0.2) is 0 Å². The number of Topliss-reactive ketones (excluding diaryl/α,β-unsaturated/α-hetero) is 1. The standard InChI is InChI=1S/C44H57ClN2O4/c1-4-5-6-7-8-9-10-11-12-13-14-15-16-17-18-19-20-21-22-24-40(48)25-23-35-47-43(50)44(2,3)51-41-32-26-37(27-33-41)34-36-46-42(49)38-28-30-39(45)31-29-38/h5-6,8-9,11-12,14-15,17-18,20-21,26-33H,4,7,10,13,16,19,22-25,34-36H2,1-3H3,(H,46,49)(H,47,50)/b6-5-,9-8-,12-11-,15-14-,18-17-,21-20-. The number of ketones is 1. The van der Waals surface area contributed by atoms with Crippen molar-refractivity contribution >= 4 is 29.2 Å². The van der Waals surface area contributed by atoms with Crippen molar-refractivity contribution in [3.8, 4) is 5.75 Å². The molecule has 0 aliphatic heterocycles. The second-order valence-corrected chi connectivity index (χ2v) is 13.1. The Morgan fingerprint density at radius 1 is 0.667 bits per heavy atom. The second-order valence-electron chi connectivity index (χ2n) is 12.6. The number of ether oxygens (including phenoxy) is 1. The molecule has 0 aromatic heterocycles. The van der Waals surface area contributed by atoms with Gasteiger partial charge in [-0.3, -0.25) is 14.4 Å². The number of hydrogen-bond acceptors (Lipinski definition) is 4. The van der Waals surface area contributed by atoms with Crippen LogP contribution in [0.25, 0.3) is 0 Å². The molecule has 6 nitrogen and oxygen atoms in total. The molecule has 2 aromatic rings. The Labute approximate surface area is 311 Å². The van der Waals surface area contributed by atoms with E-state index in [9.17, 15) is 14.4 Å². The van der Waals surface area contributed by atoms with Gasteiger partial charge >= 0.3 is 0 Å². The smallest absolute Gasteiger partial charge is 0.263 e. The Bertz CT molecular complexity index is 1480. The van der Waals surface area contributed by atoms with Crippen molar-refractivity contribution in [1.82, 2.24) is 10.6 Å². The molecule has 0 unspecified atom stereocenters. The van der Waals surface area contributed by atoms with Crippen LogP contribution in [-0.2, 0) is 16.0 Å². The van der Waals surface area contributed by atoms with Gasteiger partial charge in [0.05, 0.1) is 0 Å². The molecule has 0 spiro atoms. The van der Waals surface area contributed by atoms with Gasteiger partial charge in [-0.1, -0.05) is 104 Å². The van der Waals surface area contributed by atoms with Crippen LogP contribution in [0.2, 0.25) is 5.02 Å². The van der Waals surface area contributed by atoms with E-state index >= 15 is 0 Å². The quantitative estimate of drug-likeness (QED) is 0.0793. The number of benzene rings is 2. The molecule has 0 fully saturated rings. The third-order valence-corrected chi connectivity index (χ3v) is 8.01. The van der Waals surface area contributed by atoms with Crippen LogP contribution >= 0.6 is 11.6 Å². The monoisotopic (exact) mass is 712 g/mol. The Morgan fingerprint density at radius 3 is 1.75 bits per heavy atom. The fraction of sp³-hybridized carbons (Fsp3) is 0.386. The molecular weight excluding hydrogens is 656 g/mol. The maximum absolute atomic E-state index is 12.8. The lowest BCUT2D eigenvalue weighted by molar-refractivity contribution is -0.134. The summed E-state index contributed by atoms with van der Waals surface area (Å²) in [7, 11) is 0. The van der Waals surface area contributed by atoms with E-state index in [4.69, 9.17) is 16.3 Å². The molecule has 0 atom stereocenters. The number of allylic oxidation sites excluding steroid dienone is 12. The topological polar surface area (TPSA) is 84.5 Å². The van der Waals surface area contributed by atoms with Crippen molar-refractivity contribution in [3.63, 3.8) is 0 Å². The van der Waals surface area contributed by atoms with Gasteiger partial charge in [0.25, 0.3) is 11.8 Å². The number of carbonyl (C=O) groups excluding carboxylic acids is 3. The Balaban J connectivity index is 1.51. The molecule has 0 aliphatic rings. The summed E-state index contributed by atoms with van der Waals surface area (Å²) < 4.78 is 5.97. The van der Waals surface area contributed by atoms with E-state index < -0.39 is 5.60 Å². The summed E-state index contributed by atoms with van der Waals surface area (Å²) in [6, 6.07) is 14.2. The maximum atomic E-state index is 12.8. The summed E-state index contributed by atoms with van der Waals surface area (Å²) in [5, 5.41) is 6.39. The van der Waals surface area contributed by atoms with Crippen molar-refractivity contribution in [3.05, 3.63) is 138 Å². The predicted octanol–water partition coefficient (Wildman–Crippen LogP) is 10.4. The molecule has 51 heavy (non-hydrogen) atoms. The van der Waals surface area contributed by atoms with Crippen LogP contribution in [0.15, 0.2) is 121 Å². The molecule has 0 heterocycles. The molecular formula is C44H57ClN2O4. The first-order chi connectivity index (χ1) is 24.7. The van der Waals surface area contributed by atoms with Crippen molar-refractivity contribution in [1.29, 1.82) is 0 Å². The summed E-state index contributed by atoms with van der Waals surface area (Å²) in [4.78, 5) is 37.3. The van der Waals surface area contributed by atoms with E-state index in [2.05, 4.69) is 90.5 Å². The van der Waals surface area contributed by atoms with Gasteiger partial charge in [-0.2, -0.15) is 0 Å². The lowest BCUT2D eigenvalue weighted by Gasteiger charge is -2.25. The van der Waals surface area contributed by atoms with Crippen LogP contribution in [0.4, 0.5) is 0 Å². The van der Waals surface area contributed by atoms with E-state index in [-0.39, 0.29) is 17.6 Å². The molecule has 0 aliphatic carbocycles. The third-order valence-electron chi connectivity index (χ3n) is 7.75. The summed E-state index contributed by atoms with van der Waals surface area (Å²) >= 11 is 5.88. The van der Waals surface area contributed by atoms with Crippen LogP contribution in [0.5, 0.6) is 5.75 Å². The first-order valence-corrected chi connectivity index (χ1v) is 18.6. The van der Waals surface area contributed by atoms with Gasteiger partial charge in [0, 0.05) is 36.5 Å². The predicted molar refractivity (Wildman–Crippen MR) is 213 cm³/mol. The number of hydrogen-bond donors (Lipinski definition) is 2. The minimum atomic E-state index is -1.08. The van der Waals surface area contributed by atoms with Gasteiger partial charge in [-0.05, 0) is 114 Å². The molecule has 274 valence electrons. The molecule has 0 bridgehead atoms. The highest BCUT2D eigenvalue weighted by atomic mass is 35.5. The first-order valence-electron chi connectivity index (χ1n) is 18.2. The Hall–Kier alpha value is -4.42. The van der Waals surface area contributed by atoms with E-state index in [0.29, 0.717) is 55.1 Å². The van der Waals surface area contributed by atoms with Crippen molar-refractivity contribution < 1.29 is 19.1 Å². The van der Waals surface area contributed by atoms with Gasteiger partial charge in [0.2, 0.25) is 0 Å². The van der Waals surface area contributed by atoms with Crippen LogP contribution in [0.1, 0.15) is 101 Å². The van der Waals surface area contributed by atoms with Crippen LogP contribution in [0.3, 0.4) is 0 Å². The summed E-state index contributed by atoms with van der Waals surface area (Å²) in [5.41, 5.74) is 0.521. The molecule has 0 saturated carbocycles. The highest BCUT2D eigenvalue weighted by molar-refractivity contribution is 6.30. The van der Waals surface area contributed by atoms with E-state index in [0.717, 1.165) is 50.5 Å². The fourth-order valence-electron chi connectivity index (χ4n) is 4.80. The zero-order valence-corrected chi connectivity index (χ0v) is 31.5. The fourth-order valence-corrected chi connectivity index (χ4v) is 4.92. The SMILES string of the molecule is CC/C=C\C/C=C\C/C=C\C/C=C\C/C=C\C/C=C\CCC(=O)CCCNC(=O)C(C)(C)Oc1ccc(CCNC(=O)c2ccc(Cl)cc2)cc1. The molecule has 2 N–H and O–H groups in total. The number of carbonyl (C=O) groups is 3. The average molecular weight is 713 g/mol. The molecule has 7 heteroatoms. The zero-order chi connectivity index (χ0) is 37.0. The number of nitrogens with one attached hydrogen (secondary N) is 2. The largest absolute Gasteiger partial charge is 0.478 e. The van der Waals surface area contributed by atoms with Gasteiger partial charge in [0.1, 0.15) is 11.5 Å². The normalized spacial score (nSPS) is 12.3. The zero-order valence-electron chi connectivity index (χ0n) is 30.8. The van der Waals surface area contributed by atoms with Crippen molar-refractivity contribution in [2.24, 2.45) is 0 Å². The first kappa shape index (κ1) is 42.7. The molecule has 0 radical (unpaired) electrons. The number of amides is 2. The van der Waals surface area contributed by atoms with Crippen LogP contribution in [0, 0.1) is 0 Å². The third kappa shape index (κ3) is 20.8. The number of rotatable bonds is 25. The molecule has 2 aromatic carbocycles. The lowest BCUT2D eigenvalue weighted by Crippen LogP contribution is -2.46. The van der Waals surface area contributed by atoms with Gasteiger partial charge < -0.3 is 15.4 Å². The highest BCUT2D eigenvalue weighted by Crippen LogP contribution is 2.20. The minimum Gasteiger partial charge on any atom is -0.478 e. The van der Waals surface area contributed by atoms with E-state index in [1.807, 2.05) is 24.3 Å². The second kappa shape index (κ2) is 26.4. The summed E-state index contributed by atoms with van der Waals surface area (Å²) in [6.07, 6.45) is 34.8. The van der Waals surface area contributed by atoms with E-state index in [1.165, 1.54) is 0 Å². The minimum absolute atomic E-state index is 0.148. The van der Waals surface area contributed by atoms with Gasteiger partial charge in [0.15, 0.2) is 5.60 Å². The van der Waals surface area contributed by atoms with E-state index in [1.54, 1.807) is 38.1 Å². The van der Waals surface area contributed by atoms with Crippen LogP contribution in [-0.4, -0.2) is 36.3 Å². The van der Waals surface area contributed by atoms with Gasteiger partial charge in [-0.15, -0.1) is 0 Å². The highest BCUT2D eigenvalue weighted by Gasteiger charge is 2.29. The summed E-state index contributed by atoms with van der Waals surface area (Å²) in [6.45, 7) is 6.49. The Kier molecular flexibility index (Phi) is 22.1. The Morgan fingerprint density at radius 2 is 1.20 bits per heavy atom. The van der Waals surface area contributed by atoms with Crippen LogP contribution < -0.4 is 15.4 Å². The van der Waals surface area contributed by atoms with Crippen molar-refractivity contribution in [2.45, 2.75) is 97.0 Å². The molecule has 2 amide bonds. The molecule has 2 rings (SSSR count). The molecule has 0 saturated heterocycles. The maximum Gasteiger partial charge on any atom is 0.263 e.